The highest BCUT2D eigenvalue weighted by Gasteiger charge is 2.49. The number of likely N-dealkylation sites (tertiary alicyclic amines) is 1. The molecule has 4 saturated carbocycles. The van der Waals surface area contributed by atoms with Gasteiger partial charge in [0.1, 0.15) is 0 Å². The summed E-state index contributed by atoms with van der Waals surface area (Å²) in [5, 5.41) is 25.3. The number of β-amino-alcohol motifs (C(OH)–C–C–N with tert-alkyl or cyclic N) is 1. The van der Waals surface area contributed by atoms with Crippen LogP contribution in [0.4, 0.5) is 0 Å². The predicted molar refractivity (Wildman–Crippen MR) is 190 cm³/mol. The Balaban J connectivity index is 0.783. The monoisotopic (exact) mass is 700 g/mol. The van der Waals surface area contributed by atoms with E-state index in [9.17, 15) is 14.7 Å². The minimum absolute atomic E-state index is 0.0687. The Labute approximate surface area is 299 Å². The summed E-state index contributed by atoms with van der Waals surface area (Å²) in [5.74, 6) is 1.92. The van der Waals surface area contributed by atoms with E-state index in [1.165, 1.54) is 38.5 Å². The van der Waals surface area contributed by atoms with Crippen molar-refractivity contribution in [1.29, 1.82) is 0 Å². The van der Waals surface area contributed by atoms with Crippen molar-refractivity contribution >= 4 is 11.8 Å². The van der Waals surface area contributed by atoms with Gasteiger partial charge in [0.15, 0.2) is 0 Å². The van der Waals surface area contributed by atoms with Crippen LogP contribution in [-0.4, -0.2) is 140 Å². The summed E-state index contributed by atoms with van der Waals surface area (Å²) in [4.78, 5) is 33.3. The summed E-state index contributed by atoms with van der Waals surface area (Å²) in [6, 6.07) is 0.883. The first-order chi connectivity index (χ1) is 24.3. The van der Waals surface area contributed by atoms with E-state index >= 15 is 0 Å². The van der Waals surface area contributed by atoms with Crippen molar-refractivity contribution < 1.29 is 24.2 Å². The Morgan fingerprint density at radius 3 is 2.52 bits per heavy atom. The minimum Gasteiger partial charge on any atom is -0.390 e. The van der Waals surface area contributed by atoms with E-state index in [0.717, 1.165) is 84.2 Å². The van der Waals surface area contributed by atoms with E-state index in [2.05, 4.69) is 42.9 Å². The van der Waals surface area contributed by atoms with E-state index in [4.69, 9.17) is 9.47 Å². The van der Waals surface area contributed by atoms with Gasteiger partial charge in [0.25, 0.3) is 0 Å². The summed E-state index contributed by atoms with van der Waals surface area (Å²) < 4.78 is 12.1. The molecule has 12 nitrogen and oxygen atoms in total. The molecule has 1 spiro atoms. The quantitative estimate of drug-likeness (QED) is 0.204. The lowest BCUT2D eigenvalue weighted by Crippen LogP contribution is -2.66. The lowest BCUT2D eigenvalue weighted by atomic mass is 9.54. The Bertz CT molecular complexity index is 1170. The van der Waals surface area contributed by atoms with Crippen LogP contribution in [0.3, 0.4) is 0 Å². The molecular weight excluding hydrogens is 634 g/mol. The number of amides is 2. The van der Waals surface area contributed by atoms with Gasteiger partial charge in [0.05, 0.1) is 44.0 Å². The van der Waals surface area contributed by atoms with Gasteiger partial charge in [-0.3, -0.25) is 30.4 Å². The molecule has 4 aliphatic heterocycles. The number of rotatable bonds is 12. The number of carbonyl (C=O) groups is 2. The standard InChI is InChI=1S/C38H65N7O5/c1-25-33(50-24-40-25)23-49-32-6-5-28-21-43(10-7-27(28)15-32)22-31(46)20-39-36(47)29-16-34(41-30-18-38(19-30)8-2-9-38)42-35(17-29)44-11-13-45(14-12-44)37(48)26-3-4-26/h25-35,40-42,46H,2-24H2,1H3,(H,39,47)/t25?,27?,28?,29?,31-,32?,33?,34?,35?/m0/s1. The molecule has 9 atom stereocenters. The van der Waals surface area contributed by atoms with E-state index in [-0.39, 0.29) is 36.2 Å². The van der Waals surface area contributed by atoms with Gasteiger partial charge < -0.3 is 29.7 Å². The summed E-state index contributed by atoms with van der Waals surface area (Å²) in [6.07, 6.45) is 15.0. The van der Waals surface area contributed by atoms with Crippen molar-refractivity contribution in [3.05, 3.63) is 0 Å². The molecule has 4 heterocycles. The number of hydrogen-bond donors (Lipinski definition) is 5. The summed E-state index contributed by atoms with van der Waals surface area (Å²) in [7, 11) is 0. The SMILES string of the molecule is CC1NCOC1COC1CCC2CN(C[C@@H](O)CNC(=O)C3CC(NC4CC5(CCC5)C4)NC(N4CCN(C(=O)C5CC5)CC4)C3)CCC2C1. The van der Waals surface area contributed by atoms with E-state index in [0.29, 0.717) is 67.8 Å². The number of hydrogen-bond acceptors (Lipinski definition) is 10. The van der Waals surface area contributed by atoms with Crippen LogP contribution in [0.1, 0.15) is 90.4 Å². The van der Waals surface area contributed by atoms with E-state index in [1.807, 2.05) is 0 Å². The van der Waals surface area contributed by atoms with Gasteiger partial charge in [0.2, 0.25) is 11.8 Å². The Morgan fingerprint density at radius 1 is 0.980 bits per heavy atom. The van der Waals surface area contributed by atoms with Crippen molar-refractivity contribution in [2.75, 3.05) is 65.7 Å². The number of carbonyl (C=O) groups excluding carboxylic acids is 2. The number of piperazine rings is 1. The maximum absolute atomic E-state index is 13.7. The molecule has 4 saturated heterocycles. The Hall–Kier alpha value is -1.38. The molecular formula is C38H65N7O5. The molecule has 50 heavy (non-hydrogen) atoms. The zero-order valence-corrected chi connectivity index (χ0v) is 30.5. The van der Waals surface area contributed by atoms with Crippen LogP contribution < -0.4 is 21.3 Å². The maximum Gasteiger partial charge on any atom is 0.225 e. The molecule has 0 bridgehead atoms. The first-order valence-electron chi connectivity index (χ1n) is 20.5. The van der Waals surface area contributed by atoms with Crippen molar-refractivity contribution in [3.8, 4) is 0 Å². The van der Waals surface area contributed by atoms with Gasteiger partial charge in [-0.25, -0.2) is 0 Å². The number of ether oxygens (including phenoxy) is 2. The predicted octanol–water partition coefficient (Wildman–Crippen LogP) is 1.43. The number of fused-ring (bicyclic) bond motifs is 1. The van der Waals surface area contributed by atoms with Gasteiger partial charge in [-0.1, -0.05) is 6.42 Å². The van der Waals surface area contributed by atoms with Gasteiger partial charge >= 0.3 is 0 Å². The van der Waals surface area contributed by atoms with Gasteiger partial charge in [-0.2, -0.15) is 0 Å². The average molecular weight is 700 g/mol. The molecule has 5 N–H and O–H groups in total. The molecule has 4 aliphatic carbocycles. The fraction of sp³-hybridized carbons (Fsp3) is 0.947. The molecule has 0 radical (unpaired) electrons. The summed E-state index contributed by atoms with van der Waals surface area (Å²) >= 11 is 0. The van der Waals surface area contributed by atoms with Crippen LogP contribution in [0.2, 0.25) is 0 Å². The van der Waals surface area contributed by atoms with Crippen molar-refractivity contribution in [3.63, 3.8) is 0 Å². The first-order valence-corrected chi connectivity index (χ1v) is 20.5. The third-order valence-corrected chi connectivity index (χ3v) is 14.1. The lowest BCUT2D eigenvalue weighted by Gasteiger charge is -2.56. The largest absolute Gasteiger partial charge is 0.390 e. The van der Waals surface area contributed by atoms with Crippen molar-refractivity contribution in [1.82, 2.24) is 36.0 Å². The smallest absolute Gasteiger partial charge is 0.225 e. The Kier molecular flexibility index (Phi) is 11.1. The molecule has 8 aliphatic rings. The third-order valence-electron chi connectivity index (χ3n) is 14.1. The van der Waals surface area contributed by atoms with E-state index < -0.39 is 6.10 Å². The normalized spacial score (nSPS) is 38.6. The second kappa shape index (κ2) is 15.5. The Morgan fingerprint density at radius 2 is 1.80 bits per heavy atom. The fourth-order valence-corrected chi connectivity index (χ4v) is 10.6. The second-order valence-electron chi connectivity index (χ2n) is 17.7. The van der Waals surface area contributed by atoms with Crippen LogP contribution >= 0.6 is 0 Å². The molecule has 8 unspecified atom stereocenters. The zero-order chi connectivity index (χ0) is 34.2. The second-order valence-corrected chi connectivity index (χ2v) is 17.7. The third kappa shape index (κ3) is 8.38. The number of aliphatic hydroxyl groups is 1. The van der Waals surface area contributed by atoms with Crippen molar-refractivity contribution in [2.45, 2.75) is 133 Å². The highest BCUT2D eigenvalue weighted by Crippen LogP contribution is 2.56. The number of nitrogens with zero attached hydrogens (tertiary/aromatic N) is 3. The number of nitrogens with one attached hydrogen (secondary N) is 4. The van der Waals surface area contributed by atoms with Crippen LogP contribution in [-0.2, 0) is 19.1 Å². The van der Waals surface area contributed by atoms with Crippen molar-refractivity contribution in [2.24, 2.45) is 29.1 Å². The topological polar surface area (TPSA) is 131 Å². The maximum atomic E-state index is 13.7. The lowest BCUT2D eigenvalue weighted by molar-refractivity contribution is -0.135. The molecule has 0 aromatic rings. The average Bonchev–Trinajstić information content (AvgIpc) is 3.87. The number of piperidine rings is 2. The summed E-state index contributed by atoms with van der Waals surface area (Å²) in [5.41, 5.74) is 0.605. The van der Waals surface area contributed by atoms with E-state index in [1.54, 1.807) is 0 Å². The molecule has 282 valence electrons. The van der Waals surface area contributed by atoms with Crippen LogP contribution in [0.25, 0.3) is 0 Å². The highest BCUT2D eigenvalue weighted by atomic mass is 16.5. The molecule has 8 rings (SSSR count). The molecule has 2 amide bonds. The summed E-state index contributed by atoms with van der Waals surface area (Å²) in [6.45, 7) is 9.64. The molecule has 0 aromatic carbocycles. The zero-order valence-electron chi connectivity index (χ0n) is 30.5. The molecule has 12 heteroatoms. The van der Waals surface area contributed by atoms with Crippen LogP contribution in [0.5, 0.6) is 0 Å². The number of aliphatic hydroxyl groups excluding tert-OH is 1. The van der Waals surface area contributed by atoms with Gasteiger partial charge in [0, 0.05) is 69.7 Å². The van der Waals surface area contributed by atoms with Crippen LogP contribution in [0.15, 0.2) is 0 Å². The minimum atomic E-state index is -0.575. The highest BCUT2D eigenvalue weighted by molar-refractivity contribution is 5.81. The van der Waals surface area contributed by atoms with Crippen LogP contribution in [0, 0.1) is 29.1 Å². The van der Waals surface area contributed by atoms with Gasteiger partial charge in [-0.15, -0.1) is 0 Å². The molecule has 8 fully saturated rings. The fourth-order valence-electron chi connectivity index (χ4n) is 10.6. The first kappa shape index (κ1) is 35.6. The molecule has 0 aromatic heterocycles. The van der Waals surface area contributed by atoms with Gasteiger partial charge in [-0.05, 0) is 108 Å².